The molecule has 3 aliphatic heterocycles. The predicted molar refractivity (Wildman–Crippen MR) is 97.8 cm³/mol. The fourth-order valence-corrected chi connectivity index (χ4v) is 3.89. The van der Waals surface area contributed by atoms with Gasteiger partial charge in [0, 0.05) is 31.9 Å². The minimum atomic E-state index is -0.390. The van der Waals surface area contributed by atoms with Crippen LogP contribution in [0.5, 0.6) is 0 Å². The van der Waals surface area contributed by atoms with Gasteiger partial charge in [-0.2, -0.15) is 0 Å². The Bertz CT molecular complexity index is 714. The molecule has 4 heterocycles. The Morgan fingerprint density at radius 2 is 2.04 bits per heavy atom. The number of carbonyl (C=O) groups is 1. The molecule has 148 valence electrons. The van der Waals surface area contributed by atoms with Crippen molar-refractivity contribution in [1.29, 1.82) is 0 Å². The van der Waals surface area contributed by atoms with Gasteiger partial charge in [-0.15, -0.1) is 0 Å². The number of aromatic nitrogens is 1. The van der Waals surface area contributed by atoms with Crippen LogP contribution in [-0.4, -0.2) is 73.6 Å². The highest BCUT2D eigenvalue weighted by Crippen LogP contribution is 2.36. The van der Waals surface area contributed by atoms with Crippen molar-refractivity contribution >= 4 is 5.91 Å². The van der Waals surface area contributed by atoms with Gasteiger partial charge in [-0.05, 0) is 31.4 Å². The lowest BCUT2D eigenvalue weighted by Gasteiger charge is -2.47. The van der Waals surface area contributed by atoms with Crippen LogP contribution >= 0.6 is 0 Å². The number of pyridine rings is 1. The van der Waals surface area contributed by atoms with Gasteiger partial charge >= 0.3 is 0 Å². The second-order valence-electron chi connectivity index (χ2n) is 7.56. The van der Waals surface area contributed by atoms with Crippen molar-refractivity contribution < 1.29 is 19.0 Å². The van der Waals surface area contributed by atoms with Crippen molar-refractivity contribution in [2.45, 2.75) is 37.5 Å². The summed E-state index contributed by atoms with van der Waals surface area (Å²) in [6.45, 7) is 5.39. The Kier molecular flexibility index (Phi) is 5.58. The first-order valence-corrected chi connectivity index (χ1v) is 9.70. The molecule has 3 saturated heterocycles. The zero-order valence-corrected chi connectivity index (χ0v) is 15.5. The van der Waals surface area contributed by atoms with Crippen LogP contribution in [0, 0.1) is 0 Å². The molecule has 3 fully saturated rings. The first-order valence-electron chi connectivity index (χ1n) is 9.70. The van der Waals surface area contributed by atoms with E-state index in [4.69, 9.17) is 14.2 Å². The van der Waals surface area contributed by atoms with Gasteiger partial charge in [-0.3, -0.25) is 14.5 Å². The van der Waals surface area contributed by atoms with E-state index >= 15 is 0 Å². The van der Waals surface area contributed by atoms with E-state index in [-0.39, 0.29) is 28.7 Å². The van der Waals surface area contributed by atoms with Crippen LogP contribution in [0.4, 0.5) is 0 Å². The second kappa shape index (κ2) is 8.10. The molecule has 1 spiro atoms. The maximum absolute atomic E-state index is 12.3. The number of rotatable bonds is 5. The molecule has 2 N–H and O–H groups in total. The lowest BCUT2D eigenvalue weighted by Crippen LogP contribution is -2.52. The summed E-state index contributed by atoms with van der Waals surface area (Å²) in [6.07, 6.45) is 3.09. The van der Waals surface area contributed by atoms with E-state index < -0.39 is 0 Å². The molecule has 0 aliphatic carbocycles. The summed E-state index contributed by atoms with van der Waals surface area (Å²) >= 11 is 0. The number of amides is 1. The number of likely N-dealkylation sites (tertiary alicyclic amines) is 1. The van der Waals surface area contributed by atoms with Gasteiger partial charge in [0.15, 0.2) is 0 Å². The van der Waals surface area contributed by atoms with E-state index in [2.05, 4.69) is 15.2 Å². The van der Waals surface area contributed by atoms with Crippen LogP contribution < -0.4 is 10.9 Å². The third-order valence-electron chi connectivity index (χ3n) is 5.72. The molecular weight excluding hydrogens is 350 g/mol. The Labute approximate surface area is 158 Å². The number of aromatic amines is 1. The lowest BCUT2D eigenvalue weighted by atomic mass is 9.84. The van der Waals surface area contributed by atoms with E-state index in [1.807, 2.05) is 6.07 Å². The van der Waals surface area contributed by atoms with E-state index in [1.165, 1.54) is 6.42 Å². The summed E-state index contributed by atoms with van der Waals surface area (Å²) in [5.41, 5.74) is 0.711. The van der Waals surface area contributed by atoms with E-state index in [9.17, 15) is 9.59 Å². The van der Waals surface area contributed by atoms with Crippen molar-refractivity contribution in [3.63, 3.8) is 0 Å². The van der Waals surface area contributed by atoms with Gasteiger partial charge in [0.05, 0.1) is 38.1 Å². The first-order chi connectivity index (χ1) is 13.1. The van der Waals surface area contributed by atoms with Crippen molar-refractivity contribution in [1.82, 2.24) is 15.2 Å². The SMILES string of the molecule is O=C(NCC1COCCO1)c1ccc(CN2CCC3(CCO3)CC2)[nH]c1=O. The molecule has 3 aliphatic rings. The summed E-state index contributed by atoms with van der Waals surface area (Å²) in [7, 11) is 0. The van der Waals surface area contributed by atoms with Gasteiger partial charge in [-0.1, -0.05) is 0 Å². The maximum atomic E-state index is 12.3. The standard InChI is InChI=1S/C19H27N3O5/c23-17(20-11-15-13-25-9-10-26-15)16-2-1-14(21-18(16)24)12-22-6-3-19(4-7-22)5-8-27-19/h1-2,15H,3-13H2,(H,20,23)(H,21,24). The van der Waals surface area contributed by atoms with Gasteiger partial charge in [0.25, 0.3) is 11.5 Å². The van der Waals surface area contributed by atoms with E-state index in [0.29, 0.717) is 32.9 Å². The van der Waals surface area contributed by atoms with Crippen molar-refractivity contribution in [3.8, 4) is 0 Å². The maximum Gasteiger partial charge on any atom is 0.261 e. The molecule has 1 amide bonds. The third kappa shape index (κ3) is 4.40. The Hall–Kier alpha value is -1.74. The predicted octanol–water partition coefficient (Wildman–Crippen LogP) is 0.275. The molecule has 1 unspecified atom stereocenters. The molecule has 0 saturated carbocycles. The van der Waals surface area contributed by atoms with Crippen LogP contribution in [-0.2, 0) is 20.8 Å². The lowest BCUT2D eigenvalue weighted by molar-refractivity contribution is -0.173. The number of H-pyrrole nitrogens is 1. The van der Waals surface area contributed by atoms with Crippen LogP contribution in [0.15, 0.2) is 16.9 Å². The minimum absolute atomic E-state index is 0.121. The van der Waals surface area contributed by atoms with Gasteiger partial charge in [-0.25, -0.2) is 0 Å². The fraction of sp³-hybridized carbons (Fsp3) is 0.684. The number of carbonyl (C=O) groups excluding carboxylic acids is 1. The molecule has 27 heavy (non-hydrogen) atoms. The monoisotopic (exact) mass is 377 g/mol. The van der Waals surface area contributed by atoms with Gasteiger partial charge in [0.2, 0.25) is 0 Å². The summed E-state index contributed by atoms with van der Waals surface area (Å²) in [6, 6.07) is 3.42. The summed E-state index contributed by atoms with van der Waals surface area (Å²) in [5.74, 6) is -0.390. The molecule has 0 aromatic carbocycles. The molecule has 8 nitrogen and oxygen atoms in total. The minimum Gasteiger partial charge on any atom is -0.376 e. The average molecular weight is 377 g/mol. The molecule has 0 bridgehead atoms. The molecule has 8 heteroatoms. The van der Waals surface area contributed by atoms with Crippen LogP contribution in [0.1, 0.15) is 35.3 Å². The van der Waals surface area contributed by atoms with Crippen molar-refractivity contribution in [2.75, 3.05) is 46.1 Å². The molecular formula is C19H27N3O5. The zero-order chi connectivity index (χ0) is 18.7. The molecule has 1 aromatic rings. The van der Waals surface area contributed by atoms with Crippen molar-refractivity contribution in [3.05, 3.63) is 33.7 Å². The van der Waals surface area contributed by atoms with Crippen LogP contribution in [0.3, 0.4) is 0 Å². The van der Waals surface area contributed by atoms with E-state index in [0.717, 1.165) is 38.2 Å². The Morgan fingerprint density at radius 3 is 2.67 bits per heavy atom. The topological polar surface area (TPSA) is 92.9 Å². The Morgan fingerprint density at radius 1 is 1.22 bits per heavy atom. The zero-order valence-electron chi connectivity index (χ0n) is 15.5. The molecule has 1 atom stereocenters. The average Bonchev–Trinajstić information content (AvgIpc) is 2.66. The summed E-state index contributed by atoms with van der Waals surface area (Å²) in [5, 5.41) is 2.74. The number of hydrogen-bond acceptors (Lipinski definition) is 6. The number of nitrogens with one attached hydrogen (secondary N) is 2. The molecule has 1 aromatic heterocycles. The van der Waals surface area contributed by atoms with Crippen LogP contribution in [0.2, 0.25) is 0 Å². The number of nitrogens with zero attached hydrogens (tertiary/aromatic N) is 1. The molecule has 0 radical (unpaired) electrons. The smallest absolute Gasteiger partial charge is 0.261 e. The second-order valence-corrected chi connectivity index (χ2v) is 7.56. The van der Waals surface area contributed by atoms with Crippen molar-refractivity contribution in [2.24, 2.45) is 0 Å². The number of piperidine rings is 1. The first kappa shape index (κ1) is 18.6. The number of ether oxygens (including phenoxy) is 3. The van der Waals surface area contributed by atoms with Gasteiger partial charge in [0.1, 0.15) is 5.56 Å². The Balaban J connectivity index is 1.29. The fourth-order valence-electron chi connectivity index (χ4n) is 3.89. The summed E-state index contributed by atoms with van der Waals surface area (Å²) in [4.78, 5) is 29.8. The highest BCUT2D eigenvalue weighted by atomic mass is 16.6. The normalized spacial score (nSPS) is 25.1. The van der Waals surface area contributed by atoms with E-state index in [1.54, 1.807) is 6.07 Å². The third-order valence-corrected chi connectivity index (χ3v) is 5.72. The highest BCUT2D eigenvalue weighted by Gasteiger charge is 2.40. The van der Waals surface area contributed by atoms with Gasteiger partial charge < -0.3 is 24.5 Å². The molecule has 4 rings (SSSR count). The number of hydrogen-bond donors (Lipinski definition) is 2. The summed E-state index contributed by atoms with van der Waals surface area (Å²) < 4.78 is 16.5. The quantitative estimate of drug-likeness (QED) is 0.766. The largest absolute Gasteiger partial charge is 0.376 e. The highest BCUT2D eigenvalue weighted by molar-refractivity contribution is 5.93. The van der Waals surface area contributed by atoms with Crippen LogP contribution in [0.25, 0.3) is 0 Å².